The minimum Gasteiger partial charge on any atom is -0.378 e. The molecular formula is C26H33F3N4O2. The van der Waals surface area contributed by atoms with Gasteiger partial charge in [-0.25, -0.2) is 0 Å². The van der Waals surface area contributed by atoms with Crippen LogP contribution in [0.15, 0.2) is 48.5 Å². The number of carbonyl (C=O) groups excluding carboxylic acids is 1. The second-order valence-electron chi connectivity index (χ2n) is 9.54. The Hall–Kier alpha value is -2.62. The van der Waals surface area contributed by atoms with E-state index in [4.69, 9.17) is 4.74 Å². The Balaban J connectivity index is 1.47. The average Bonchev–Trinajstić information content (AvgIpc) is 2.84. The summed E-state index contributed by atoms with van der Waals surface area (Å²) in [5.41, 5.74) is 1.58. The van der Waals surface area contributed by atoms with Gasteiger partial charge in [-0.1, -0.05) is 30.3 Å². The van der Waals surface area contributed by atoms with Crippen LogP contribution in [0.4, 0.5) is 18.9 Å². The summed E-state index contributed by atoms with van der Waals surface area (Å²) in [4.78, 5) is 14.3. The number of amides is 1. The van der Waals surface area contributed by atoms with Crippen LogP contribution in [0.25, 0.3) is 0 Å². The van der Waals surface area contributed by atoms with Gasteiger partial charge in [-0.3, -0.25) is 4.79 Å². The van der Waals surface area contributed by atoms with Crippen LogP contribution in [0.3, 0.4) is 0 Å². The first-order valence-corrected chi connectivity index (χ1v) is 12.0. The Labute approximate surface area is 204 Å². The molecule has 0 aliphatic carbocycles. The number of likely N-dealkylation sites (N-methyl/N-ethyl adjacent to an activating group) is 1. The zero-order chi connectivity index (χ0) is 25.0. The second-order valence-corrected chi connectivity index (χ2v) is 9.54. The Kier molecular flexibility index (Phi) is 7.98. The molecule has 2 aromatic rings. The molecule has 0 radical (unpaired) electrons. The summed E-state index contributed by atoms with van der Waals surface area (Å²) in [6.45, 7) is 2.08. The molecule has 2 aliphatic rings. The van der Waals surface area contributed by atoms with Gasteiger partial charge >= 0.3 is 6.18 Å². The minimum atomic E-state index is -4.43. The highest BCUT2D eigenvalue weighted by atomic mass is 19.4. The van der Waals surface area contributed by atoms with Crippen molar-refractivity contribution in [1.82, 2.24) is 15.5 Å². The zero-order valence-corrected chi connectivity index (χ0v) is 20.1. The molecule has 9 heteroatoms. The lowest BCUT2D eigenvalue weighted by molar-refractivity contribution is -0.138. The van der Waals surface area contributed by atoms with E-state index in [1.54, 1.807) is 0 Å². The lowest BCUT2D eigenvalue weighted by Gasteiger charge is -2.46. The van der Waals surface area contributed by atoms with Crippen LogP contribution in [0.1, 0.15) is 41.7 Å². The molecular weight excluding hydrogens is 457 g/mol. The molecule has 0 spiro atoms. The SMILES string of the molecule is CN(C)CCNCC(=O)NC[C@H]1CC[C@@H]2[C@H](O1)c1cc(C(F)(F)F)ccc1N[C@H]2c1ccccc1. The lowest BCUT2D eigenvalue weighted by Crippen LogP contribution is -2.44. The number of nitrogens with one attached hydrogen (secondary N) is 3. The summed E-state index contributed by atoms with van der Waals surface area (Å²) in [6.07, 6.45) is -3.70. The number of ether oxygens (including phenoxy) is 1. The molecule has 4 atom stereocenters. The van der Waals surface area contributed by atoms with Crippen molar-refractivity contribution >= 4 is 11.6 Å². The highest BCUT2D eigenvalue weighted by Gasteiger charge is 2.43. The van der Waals surface area contributed by atoms with E-state index in [0.29, 0.717) is 24.3 Å². The van der Waals surface area contributed by atoms with E-state index < -0.39 is 17.8 Å². The Morgan fingerprint density at radius 2 is 1.91 bits per heavy atom. The number of carbonyl (C=O) groups is 1. The van der Waals surface area contributed by atoms with Gasteiger partial charge in [0.25, 0.3) is 0 Å². The molecule has 0 bridgehead atoms. The summed E-state index contributed by atoms with van der Waals surface area (Å²) < 4.78 is 46.8. The number of halogens is 3. The quantitative estimate of drug-likeness (QED) is 0.489. The minimum absolute atomic E-state index is 0.0203. The summed E-state index contributed by atoms with van der Waals surface area (Å²) in [7, 11) is 3.93. The highest BCUT2D eigenvalue weighted by molar-refractivity contribution is 5.78. The highest BCUT2D eigenvalue weighted by Crippen LogP contribution is 2.51. The van der Waals surface area contributed by atoms with E-state index >= 15 is 0 Å². The smallest absolute Gasteiger partial charge is 0.378 e. The van der Waals surface area contributed by atoms with Gasteiger partial charge in [0.15, 0.2) is 0 Å². The van der Waals surface area contributed by atoms with E-state index in [-0.39, 0.29) is 30.5 Å². The molecule has 2 aromatic carbocycles. The molecule has 0 saturated carbocycles. The monoisotopic (exact) mass is 490 g/mol. The third kappa shape index (κ3) is 6.34. The molecule has 3 N–H and O–H groups in total. The van der Waals surface area contributed by atoms with Gasteiger partial charge in [0.05, 0.1) is 30.4 Å². The summed E-state index contributed by atoms with van der Waals surface area (Å²) in [5.74, 6) is -0.144. The second kappa shape index (κ2) is 11.0. The average molecular weight is 491 g/mol. The van der Waals surface area contributed by atoms with Gasteiger partial charge < -0.3 is 25.6 Å². The molecule has 35 heavy (non-hydrogen) atoms. The molecule has 1 fully saturated rings. The molecule has 6 nitrogen and oxygen atoms in total. The number of fused-ring (bicyclic) bond motifs is 3. The van der Waals surface area contributed by atoms with E-state index in [0.717, 1.165) is 31.0 Å². The summed E-state index contributed by atoms with van der Waals surface area (Å²) in [6, 6.07) is 13.7. The van der Waals surface area contributed by atoms with Crippen molar-refractivity contribution in [2.24, 2.45) is 5.92 Å². The van der Waals surface area contributed by atoms with Gasteiger partial charge in [0.1, 0.15) is 0 Å². The van der Waals surface area contributed by atoms with Gasteiger partial charge in [0, 0.05) is 36.8 Å². The van der Waals surface area contributed by atoms with Crippen molar-refractivity contribution < 1.29 is 22.7 Å². The fourth-order valence-electron chi connectivity index (χ4n) is 4.87. The van der Waals surface area contributed by atoms with E-state index in [9.17, 15) is 18.0 Å². The standard InChI is InChI=1S/C26H33F3N4O2/c1-33(2)13-12-30-16-23(34)31-15-19-9-10-20-24(17-6-4-3-5-7-17)32-22-11-8-18(26(27,28)29)14-21(22)25(20)35-19/h3-8,11,14,19-20,24-25,30,32H,9-10,12-13,15-16H2,1-2H3,(H,31,34)/t19-,20+,24+,25+/m1/s1. The van der Waals surface area contributed by atoms with E-state index in [1.165, 1.54) is 12.1 Å². The van der Waals surface area contributed by atoms with Crippen molar-refractivity contribution in [1.29, 1.82) is 0 Å². The molecule has 0 unspecified atom stereocenters. The van der Waals surface area contributed by atoms with Crippen molar-refractivity contribution in [3.63, 3.8) is 0 Å². The molecule has 2 heterocycles. The van der Waals surface area contributed by atoms with Crippen LogP contribution in [0, 0.1) is 5.92 Å². The molecule has 0 aromatic heterocycles. The molecule has 1 amide bonds. The summed E-state index contributed by atoms with van der Waals surface area (Å²) >= 11 is 0. The van der Waals surface area contributed by atoms with Crippen molar-refractivity contribution in [3.05, 3.63) is 65.2 Å². The third-order valence-corrected chi connectivity index (χ3v) is 6.68. The maximum atomic E-state index is 13.5. The lowest BCUT2D eigenvalue weighted by atomic mass is 9.76. The topological polar surface area (TPSA) is 65.6 Å². The van der Waals surface area contributed by atoms with Crippen LogP contribution in [-0.4, -0.2) is 57.2 Å². The van der Waals surface area contributed by atoms with Crippen molar-refractivity contribution in [3.8, 4) is 0 Å². The van der Waals surface area contributed by atoms with Crippen molar-refractivity contribution in [2.75, 3.05) is 45.6 Å². The van der Waals surface area contributed by atoms with Crippen LogP contribution in [-0.2, 0) is 15.7 Å². The first kappa shape index (κ1) is 25.5. The van der Waals surface area contributed by atoms with Gasteiger partial charge in [-0.05, 0) is 50.7 Å². The number of alkyl halides is 3. The van der Waals surface area contributed by atoms with E-state index in [1.807, 2.05) is 49.3 Å². The Bertz CT molecular complexity index is 1000. The number of rotatable bonds is 8. The van der Waals surface area contributed by atoms with Crippen LogP contribution >= 0.6 is 0 Å². The fourth-order valence-corrected chi connectivity index (χ4v) is 4.87. The zero-order valence-electron chi connectivity index (χ0n) is 20.1. The normalized spacial score (nSPS) is 23.8. The maximum Gasteiger partial charge on any atom is 0.416 e. The number of benzene rings is 2. The predicted octanol–water partition coefficient (Wildman–Crippen LogP) is 3.98. The van der Waals surface area contributed by atoms with Crippen molar-refractivity contribution in [2.45, 2.75) is 37.3 Å². The fraction of sp³-hybridized carbons (Fsp3) is 0.500. The summed E-state index contributed by atoms with van der Waals surface area (Å²) in [5, 5.41) is 9.46. The van der Waals surface area contributed by atoms with Gasteiger partial charge in [-0.15, -0.1) is 0 Å². The first-order valence-electron chi connectivity index (χ1n) is 12.0. The largest absolute Gasteiger partial charge is 0.416 e. The van der Waals surface area contributed by atoms with Gasteiger partial charge in [-0.2, -0.15) is 13.2 Å². The van der Waals surface area contributed by atoms with Crippen LogP contribution in [0.5, 0.6) is 0 Å². The number of hydrogen-bond acceptors (Lipinski definition) is 5. The van der Waals surface area contributed by atoms with Crippen LogP contribution in [0.2, 0.25) is 0 Å². The number of nitrogens with zero attached hydrogens (tertiary/aromatic N) is 1. The Morgan fingerprint density at radius 1 is 1.14 bits per heavy atom. The predicted molar refractivity (Wildman–Crippen MR) is 129 cm³/mol. The maximum absolute atomic E-state index is 13.5. The number of anilines is 1. The molecule has 190 valence electrons. The van der Waals surface area contributed by atoms with Gasteiger partial charge in [0.2, 0.25) is 5.91 Å². The van der Waals surface area contributed by atoms with E-state index in [2.05, 4.69) is 16.0 Å². The number of hydrogen-bond donors (Lipinski definition) is 3. The molecule has 4 rings (SSSR count). The molecule has 2 aliphatic heterocycles. The third-order valence-electron chi connectivity index (χ3n) is 6.68. The molecule has 1 saturated heterocycles. The first-order chi connectivity index (χ1) is 16.7. The Morgan fingerprint density at radius 3 is 2.63 bits per heavy atom. The van der Waals surface area contributed by atoms with Crippen LogP contribution < -0.4 is 16.0 Å².